The monoisotopic (exact) mass is 271 g/mol. The van der Waals surface area contributed by atoms with E-state index in [0.29, 0.717) is 17.4 Å². The van der Waals surface area contributed by atoms with Crippen molar-refractivity contribution < 1.29 is 8.94 Å². The normalized spacial score (nSPS) is 17.1. The summed E-state index contributed by atoms with van der Waals surface area (Å²) in [7, 11) is 0. The van der Waals surface area contributed by atoms with Crippen LogP contribution in [0.1, 0.15) is 25.1 Å². The first-order chi connectivity index (χ1) is 9.74. The van der Waals surface area contributed by atoms with Gasteiger partial charge in [-0.1, -0.05) is 5.16 Å². The van der Waals surface area contributed by atoms with Gasteiger partial charge >= 0.3 is 0 Å². The lowest BCUT2D eigenvalue weighted by atomic mass is 9.77. The maximum absolute atomic E-state index is 6.23. The lowest BCUT2D eigenvalue weighted by molar-refractivity contribution is 0.240. The average molecular weight is 271 g/mol. The van der Waals surface area contributed by atoms with Crippen molar-refractivity contribution in [3.05, 3.63) is 30.6 Å². The number of nitrogens with zero attached hydrogens (tertiary/aromatic N) is 3. The van der Waals surface area contributed by atoms with Crippen LogP contribution in [0.5, 0.6) is 0 Å². The fourth-order valence-electron chi connectivity index (χ4n) is 2.32. The van der Waals surface area contributed by atoms with Crippen LogP contribution in [0.4, 0.5) is 0 Å². The summed E-state index contributed by atoms with van der Waals surface area (Å²) in [5, 5.41) is 3.92. The van der Waals surface area contributed by atoms with Crippen molar-refractivity contribution in [3.8, 4) is 23.0 Å². The second kappa shape index (κ2) is 4.04. The zero-order chi connectivity index (χ0) is 13.6. The number of aromatic nitrogens is 4. The zero-order valence-corrected chi connectivity index (χ0v) is 10.7. The van der Waals surface area contributed by atoms with Gasteiger partial charge in [0, 0.05) is 0 Å². The van der Waals surface area contributed by atoms with Crippen molar-refractivity contribution in [2.45, 2.75) is 24.8 Å². The Morgan fingerprint density at radius 1 is 1.35 bits per heavy atom. The Bertz CT molecular complexity index is 724. The molecule has 1 aliphatic rings. The molecule has 0 bridgehead atoms. The minimum atomic E-state index is -0.328. The fourth-order valence-corrected chi connectivity index (χ4v) is 2.32. The second-order valence-electron chi connectivity index (χ2n) is 5.09. The molecule has 1 saturated carbocycles. The number of rotatable bonds is 3. The van der Waals surface area contributed by atoms with Crippen molar-refractivity contribution >= 4 is 0 Å². The van der Waals surface area contributed by atoms with E-state index in [-0.39, 0.29) is 5.54 Å². The summed E-state index contributed by atoms with van der Waals surface area (Å²) < 4.78 is 10.2. The number of furan rings is 1. The van der Waals surface area contributed by atoms with E-state index in [1.165, 1.54) is 0 Å². The van der Waals surface area contributed by atoms with E-state index in [1.54, 1.807) is 24.8 Å². The predicted molar refractivity (Wildman–Crippen MR) is 69.3 cm³/mol. The van der Waals surface area contributed by atoms with Gasteiger partial charge < -0.3 is 19.7 Å². The molecule has 3 heterocycles. The van der Waals surface area contributed by atoms with Gasteiger partial charge in [0.25, 0.3) is 5.89 Å². The van der Waals surface area contributed by atoms with E-state index in [2.05, 4.69) is 20.1 Å². The van der Waals surface area contributed by atoms with Crippen LogP contribution in [-0.4, -0.2) is 20.1 Å². The van der Waals surface area contributed by atoms with Crippen LogP contribution < -0.4 is 5.73 Å². The highest BCUT2D eigenvalue weighted by molar-refractivity contribution is 5.56. The molecule has 0 amide bonds. The first kappa shape index (κ1) is 11.4. The summed E-state index contributed by atoms with van der Waals surface area (Å²) in [6, 6.07) is 1.77. The van der Waals surface area contributed by atoms with Crippen molar-refractivity contribution in [3.63, 3.8) is 0 Å². The van der Waals surface area contributed by atoms with E-state index < -0.39 is 0 Å². The van der Waals surface area contributed by atoms with Crippen LogP contribution in [0.15, 0.2) is 33.7 Å². The van der Waals surface area contributed by atoms with Crippen LogP contribution in [0.3, 0.4) is 0 Å². The molecule has 0 aromatic carbocycles. The van der Waals surface area contributed by atoms with Gasteiger partial charge in [0.1, 0.15) is 17.8 Å². The molecule has 0 saturated heterocycles. The average Bonchev–Trinajstić information content (AvgIpc) is 3.13. The Morgan fingerprint density at radius 2 is 2.25 bits per heavy atom. The third-order valence-corrected chi connectivity index (χ3v) is 3.73. The molecular weight excluding hydrogens is 258 g/mol. The number of hydrogen-bond acceptors (Lipinski definition) is 6. The molecule has 20 heavy (non-hydrogen) atoms. The first-order valence-electron chi connectivity index (χ1n) is 6.46. The van der Waals surface area contributed by atoms with Gasteiger partial charge in [0.15, 0.2) is 0 Å². The number of nitrogens with two attached hydrogens (primary N) is 1. The highest BCUT2D eigenvalue weighted by Gasteiger charge is 2.37. The molecule has 1 fully saturated rings. The molecule has 102 valence electrons. The van der Waals surface area contributed by atoms with Crippen LogP contribution in [0, 0.1) is 0 Å². The van der Waals surface area contributed by atoms with Gasteiger partial charge in [-0.25, -0.2) is 4.98 Å². The van der Waals surface area contributed by atoms with Gasteiger partial charge in [-0.05, 0) is 25.3 Å². The van der Waals surface area contributed by atoms with Crippen LogP contribution in [0.25, 0.3) is 23.0 Å². The molecule has 3 N–H and O–H groups in total. The van der Waals surface area contributed by atoms with Gasteiger partial charge in [-0.2, -0.15) is 4.98 Å². The van der Waals surface area contributed by atoms with Crippen LogP contribution in [-0.2, 0) is 5.54 Å². The molecule has 3 aromatic heterocycles. The van der Waals surface area contributed by atoms with Gasteiger partial charge in [0.05, 0.1) is 23.6 Å². The SMILES string of the molecule is NC1(c2ncc(-c3nc(-c4ccoc4)no3)[nH]2)CCC1. The Labute approximate surface area is 114 Å². The topological polar surface area (TPSA) is 107 Å². The minimum Gasteiger partial charge on any atom is -0.472 e. The summed E-state index contributed by atoms with van der Waals surface area (Å²) in [5.74, 6) is 1.65. The molecular formula is C13H13N5O2. The Hall–Kier alpha value is -2.41. The van der Waals surface area contributed by atoms with Gasteiger partial charge in [-0.15, -0.1) is 0 Å². The maximum atomic E-state index is 6.23. The van der Waals surface area contributed by atoms with E-state index in [0.717, 1.165) is 30.7 Å². The smallest absolute Gasteiger partial charge is 0.276 e. The summed E-state index contributed by atoms with van der Waals surface area (Å²) in [4.78, 5) is 11.8. The number of nitrogens with one attached hydrogen (secondary N) is 1. The third kappa shape index (κ3) is 1.67. The maximum Gasteiger partial charge on any atom is 0.276 e. The largest absolute Gasteiger partial charge is 0.472 e. The van der Waals surface area contributed by atoms with Crippen molar-refractivity contribution in [1.29, 1.82) is 0 Å². The molecule has 0 radical (unpaired) electrons. The Balaban J connectivity index is 1.65. The molecule has 0 spiro atoms. The predicted octanol–water partition coefficient (Wildman–Crippen LogP) is 2.06. The molecule has 3 aromatic rings. The summed E-state index contributed by atoms with van der Waals surface area (Å²) >= 11 is 0. The molecule has 0 unspecified atom stereocenters. The minimum absolute atomic E-state index is 0.328. The number of aromatic amines is 1. The lowest BCUT2D eigenvalue weighted by Gasteiger charge is -2.35. The Kier molecular flexibility index (Phi) is 2.31. The molecule has 0 atom stereocenters. The lowest BCUT2D eigenvalue weighted by Crippen LogP contribution is -2.44. The fraction of sp³-hybridized carbons (Fsp3) is 0.308. The molecule has 7 heteroatoms. The zero-order valence-electron chi connectivity index (χ0n) is 10.7. The van der Waals surface area contributed by atoms with Gasteiger partial charge in [-0.3, -0.25) is 0 Å². The van der Waals surface area contributed by atoms with Gasteiger partial charge in [0.2, 0.25) is 5.82 Å². The summed E-state index contributed by atoms with van der Waals surface area (Å²) in [6.45, 7) is 0. The highest BCUT2D eigenvalue weighted by Crippen LogP contribution is 2.37. The molecule has 4 rings (SSSR count). The van der Waals surface area contributed by atoms with E-state index in [9.17, 15) is 0 Å². The third-order valence-electron chi connectivity index (χ3n) is 3.73. The quantitative estimate of drug-likeness (QED) is 0.755. The highest BCUT2D eigenvalue weighted by atomic mass is 16.5. The molecule has 0 aliphatic heterocycles. The standard InChI is InChI=1S/C13H13N5O2/c14-13(3-1-4-13)12-15-6-9(16-12)11-17-10(18-20-11)8-2-5-19-7-8/h2,5-7H,1,3-4,14H2,(H,15,16). The molecule has 7 nitrogen and oxygen atoms in total. The summed E-state index contributed by atoms with van der Waals surface area (Å²) in [6.07, 6.45) is 7.84. The van der Waals surface area contributed by atoms with Crippen molar-refractivity contribution in [2.24, 2.45) is 5.73 Å². The first-order valence-corrected chi connectivity index (χ1v) is 6.46. The van der Waals surface area contributed by atoms with E-state index in [4.69, 9.17) is 14.7 Å². The number of H-pyrrole nitrogens is 1. The van der Waals surface area contributed by atoms with E-state index in [1.807, 2.05) is 0 Å². The van der Waals surface area contributed by atoms with Crippen molar-refractivity contribution in [2.75, 3.05) is 0 Å². The molecule has 1 aliphatic carbocycles. The number of imidazole rings is 1. The second-order valence-corrected chi connectivity index (χ2v) is 5.09. The van der Waals surface area contributed by atoms with Crippen molar-refractivity contribution in [1.82, 2.24) is 20.1 Å². The summed E-state index contributed by atoms with van der Waals surface area (Å²) in [5.41, 5.74) is 7.35. The van der Waals surface area contributed by atoms with Crippen LogP contribution in [0.2, 0.25) is 0 Å². The van der Waals surface area contributed by atoms with E-state index >= 15 is 0 Å². The number of hydrogen-bond donors (Lipinski definition) is 2. The van der Waals surface area contributed by atoms with Crippen LogP contribution >= 0.6 is 0 Å². The Morgan fingerprint density at radius 3 is 2.95 bits per heavy atom.